The van der Waals surface area contributed by atoms with Crippen molar-refractivity contribution in [2.75, 3.05) is 5.73 Å². The summed E-state index contributed by atoms with van der Waals surface area (Å²) in [5, 5.41) is 0. The molecule has 2 N–H and O–H groups in total. The van der Waals surface area contributed by atoms with Gasteiger partial charge in [-0.1, -0.05) is 0 Å². The third-order valence-corrected chi connectivity index (χ3v) is 3.50. The van der Waals surface area contributed by atoms with Crippen LogP contribution in [-0.2, 0) is 0 Å². The second-order valence-electron chi connectivity index (χ2n) is 3.77. The maximum atomic E-state index is 13.1. The Labute approximate surface area is 116 Å². The van der Waals surface area contributed by atoms with Crippen molar-refractivity contribution in [3.8, 4) is 5.69 Å². The van der Waals surface area contributed by atoms with Crippen LogP contribution in [-0.4, -0.2) is 14.5 Å². The summed E-state index contributed by atoms with van der Waals surface area (Å²) < 4.78 is 15.7. The summed E-state index contributed by atoms with van der Waals surface area (Å²) in [7, 11) is 0. The maximum Gasteiger partial charge on any atom is 0.206 e. The summed E-state index contributed by atoms with van der Waals surface area (Å²) in [5.41, 5.74) is 8.30. The average Bonchev–Trinajstić information content (AvgIpc) is 2.66. The summed E-state index contributed by atoms with van der Waals surface area (Å²) in [5.74, 6) is 0.0929. The van der Waals surface area contributed by atoms with E-state index in [4.69, 9.17) is 5.73 Å². The Morgan fingerprint density at radius 3 is 2.89 bits per heavy atom. The zero-order valence-electron chi connectivity index (χ0n) is 9.14. The Hall–Kier alpha value is -1.70. The minimum absolute atomic E-state index is 0.271. The van der Waals surface area contributed by atoms with E-state index in [-0.39, 0.29) is 5.82 Å². The van der Waals surface area contributed by atoms with Crippen molar-refractivity contribution in [1.82, 2.24) is 14.5 Å². The number of hydrogen-bond donors (Lipinski definition) is 1. The van der Waals surface area contributed by atoms with Crippen LogP contribution in [0.2, 0.25) is 0 Å². The summed E-state index contributed by atoms with van der Waals surface area (Å²) >= 11 is 2.08. The second kappa shape index (κ2) is 4.20. The quantitative estimate of drug-likeness (QED) is 0.684. The number of benzene rings is 1. The molecule has 90 valence electrons. The van der Waals surface area contributed by atoms with Gasteiger partial charge in [-0.3, -0.25) is 9.55 Å². The van der Waals surface area contributed by atoms with Gasteiger partial charge in [0.15, 0.2) is 0 Å². The number of nitrogens with two attached hydrogens (primary N) is 1. The third kappa shape index (κ3) is 1.72. The fraction of sp³-hybridized carbons (Fsp3) is 0. The van der Waals surface area contributed by atoms with E-state index in [1.54, 1.807) is 23.0 Å². The van der Waals surface area contributed by atoms with Crippen molar-refractivity contribution in [3.63, 3.8) is 0 Å². The van der Waals surface area contributed by atoms with Crippen molar-refractivity contribution in [1.29, 1.82) is 0 Å². The lowest BCUT2D eigenvalue weighted by Gasteiger charge is -2.08. The molecule has 4 nitrogen and oxygen atoms in total. The molecule has 3 aromatic rings. The monoisotopic (exact) mass is 354 g/mol. The van der Waals surface area contributed by atoms with Crippen LogP contribution in [0.3, 0.4) is 0 Å². The van der Waals surface area contributed by atoms with Gasteiger partial charge in [0.05, 0.1) is 17.4 Å². The Balaban J connectivity index is 2.34. The van der Waals surface area contributed by atoms with Crippen LogP contribution < -0.4 is 5.73 Å². The highest BCUT2D eigenvalue weighted by atomic mass is 127. The topological polar surface area (TPSA) is 56.7 Å². The molecule has 0 fully saturated rings. The fourth-order valence-corrected chi connectivity index (χ4v) is 2.59. The summed E-state index contributed by atoms with van der Waals surface area (Å²) in [6.07, 6.45) is 3.33. The number of anilines is 1. The zero-order valence-corrected chi connectivity index (χ0v) is 11.3. The number of nitrogen functional groups attached to an aromatic ring is 1. The van der Waals surface area contributed by atoms with Gasteiger partial charge in [-0.2, -0.15) is 0 Å². The van der Waals surface area contributed by atoms with Gasteiger partial charge in [-0.05, 0) is 46.9 Å². The van der Waals surface area contributed by atoms with Crippen molar-refractivity contribution >= 4 is 39.6 Å². The predicted molar refractivity (Wildman–Crippen MR) is 76.0 cm³/mol. The molecule has 18 heavy (non-hydrogen) atoms. The molecular weight excluding hydrogens is 346 g/mol. The number of pyridine rings is 1. The van der Waals surface area contributed by atoms with Crippen LogP contribution in [0.4, 0.5) is 10.3 Å². The van der Waals surface area contributed by atoms with E-state index < -0.39 is 0 Å². The molecule has 0 aliphatic heterocycles. The normalized spacial score (nSPS) is 11.0. The van der Waals surface area contributed by atoms with E-state index in [1.807, 2.05) is 6.07 Å². The maximum absolute atomic E-state index is 13.1. The molecule has 0 atom stereocenters. The van der Waals surface area contributed by atoms with Crippen LogP contribution in [0.1, 0.15) is 0 Å². The molecule has 0 saturated heterocycles. The molecule has 1 aromatic carbocycles. The molecule has 0 bridgehead atoms. The van der Waals surface area contributed by atoms with Crippen LogP contribution in [0.15, 0.2) is 36.7 Å². The summed E-state index contributed by atoms with van der Waals surface area (Å²) in [4.78, 5) is 8.24. The SMILES string of the molecule is Nc1nc2cnccc2n1-c1ccc(F)cc1I. The van der Waals surface area contributed by atoms with E-state index >= 15 is 0 Å². The first-order chi connectivity index (χ1) is 8.66. The van der Waals surface area contributed by atoms with Gasteiger partial charge >= 0.3 is 0 Å². The lowest BCUT2D eigenvalue weighted by atomic mass is 10.3. The second-order valence-corrected chi connectivity index (χ2v) is 4.93. The first kappa shape index (κ1) is 11.4. The van der Waals surface area contributed by atoms with Crippen molar-refractivity contribution in [2.24, 2.45) is 0 Å². The third-order valence-electron chi connectivity index (χ3n) is 2.63. The van der Waals surface area contributed by atoms with Gasteiger partial charge in [0.1, 0.15) is 11.3 Å². The Bertz CT molecular complexity index is 738. The minimum atomic E-state index is -0.271. The number of rotatable bonds is 1. The lowest BCUT2D eigenvalue weighted by molar-refractivity contribution is 0.626. The minimum Gasteiger partial charge on any atom is -0.369 e. The molecule has 0 radical (unpaired) electrons. The van der Waals surface area contributed by atoms with Crippen molar-refractivity contribution in [3.05, 3.63) is 46.0 Å². The van der Waals surface area contributed by atoms with Crippen molar-refractivity contribution < 1.29 is 4.39 Å². The van der Waals surface area contributed by atoms with Gasteiger partial charge < -0.3 is 5.73 Å². The van der Waals surface area contributed by atoms with Crippen LogP contribution >= 0.6 is 22.6 Å². The van der Waals surface area contributed by atoms with Crippen LogP contribution in [0.5, 0.6) is 0 Å². The first-order valence-electron chi connectivity index (χ1n) is 5.20. The van der Waals surface area contributed by atoms with Crippen molar-refractivity contribution in [2.45, 2.75) is 0 Å². The van der Waals surface area contributed by atoms with Gasteiger partial charge in [-0.25, -0.2) is 9.37 Å². The highest BCUT2D eigenvalue weighted by molar-refractivity contribution is 14.1. The molecule has 0 spiro atoms. The molecule has 2 aromatic heterocycles. The Morgan fingerprint density at radius 2 is 2.11 bits per heavy atom. The van der Waals surface area contributed by atoms with E-state index in [0.717, 1.165) is 20.3 Å². The van der Waals surface area contributed by atoms with Gasteiger partial charge in [0.25, 0.3) is 0 Å². The highest BCUT2D eigenvalue weighted by Crippen LogP contribution is 2.26. The fourth-order valence-electron chi connectivity index (χ4n) is 1.87. The molecular formula is C12H8FIN4. The molecule has 3 rings (SSSR count). The average molecular weight is 354 g/mol. The highest BCUT2D eigenvalue weighted by Gasteiger charge is 2.12. The zero-order chi connectivity index (χ0) is 12.7. The molecule has 6 heteroatoms. The van der Waals surface area contributed by atoms with E-state index in [0.29, 0.717) is 5.95 Å². The number of aromatic nitrogens is 3. The Kier molecular flexibility index (Phi) is 2.66. The van der Waals surface area contributed by atoms with E-state index in [9.17, 15) is 4.39 Å². The van der Waals surface area contributed by atoms with Gasteiger partial charge in [0.2, 0.25) is 5.95 Å². The smallest absolute Gasteiger partial charge is 0.206 e. The number of imidazole rings is 1. The first-order valence-corrected chi connectivity index (χ1v) is 6.28. The number of hydrogen-bond acceptors (Lipinski definition) is 3. The number of fused-ring (bicyclic) bond motifs is 1. The molecule has 0 saturated carbocycles. The molecule has 0 aliphatic carbocycles. The number of nitrogens with zero attached hydrogens (tertiary/aromatic N) is 3. The molecule has 2 heterocycles. The molecule has 0 aliphatic rings. The standard InChI is InChI=1S/C12H8FIN4/c13-7-1-2-10(8(14)5-7)18-11-3-4-16-6-9(11)17-12(18)15/h1-6H,(H2,15,17). The van der Waals surface area contributed by atoms with E-state index in [1.165, 1.54) is 12.1 Å². The van der Waals surface area contributed by atoms with Gasteiger partial charge in [-0.15, -0.1) is 0 Å². The lowest BCUT2D eigenvalue weighted by Crippen LogP contribution is -2.02. The van der Waals surface area contributed by atoms with Crippen LogP contribution in [0.25, 0.3) is 16.7 Å². The predicted octanol–water partition coefficient (Wildman–Crippen LogP) is 2.75. The summed E-state index contributed by atoms with van der Waals surface area (Å²) in [6.45, 7) is 0. The molecule has 0 amide bonds. The number of halogens is 2. The molecule has 0 unspecified atom stereocenters. The Morgan fingerprint density at radius 1 is 1.28 bits per heavy atom. The largest absolute Gasteiger partial charge is 0.369 e. The van der Waals surface area contributed by atoms with Crippen LogP contribution in [0, 0.1) is 9.39 Å². The van der Waals surface area contributed by atoms with E-state index in [2.05, 4.69) is 32.6 Å². The van der Waals surface area contributed by atoms with Gasteiger partial charge in [0, 0.05) is 9.77 Å². The summed E-state index contributed by atoms with van der Waals surface area (Å²) in [6, 6.07) is 6.39.